The summed E-state index contributed by atoms with van der Waals surface area (Å²) in [5, 5.41) is 8.40. The lowest BCUT2D eigenvalue weighted by Gasteiger charge is -2.22. The molecule has 1 aromatic rings. The Hall–Kier alpha value is -2.58. The van der Waals surface area contributed by atoms with Crippen molar-refractivity contribution < 1.29 is 27.8 Å². The van der Waals surface area contributed by atoms with Gasteiger partial charge in [0.2, 0.25) is 5.91 Å². The first-order valence-electron chi connectivity index (χ1n) is 9.90. The molecule has 0 atom stereocenters. The fraction of sp³-hybridized carbons (Fsp3) is 0.600. The normalized spacial score (nSPS) is 14.3. The zero-order valence-corrected chi connectivity index (χ0v) is 16.6. The van der Waals surface area contributed by atoms with Gasteiger partial charge in [0.25, 0.3) is 0 Å². The highest BCUT2D eigenvalue weighted by Gasteiger charge is 2.15. The standard InChI is InChI=1S/C20H29F2N3O4/c1-28-17-13-14(7-8-16(17)29-19(21)22)9-11-23-18(26)10-12-24-20(27)25-15-5-3-2-4-6-15/h7-8,13,15,19H,2-6,9-12H2,1H3,(H,23,26)(H2,24,25,27). The number of carbonyl (C=O) groups excluding carboxylic acids is 2. The van der Waals surface area contributed by atoms with Gasteiger partial charge in [0, 0.05) is 25.6 Å². The Balaban J connectivity index is 1.63. The average molecular weight is 413 g/mol. The number of alkyl halides is 2. The highest BCUT2D eigenvalue weighted by Crippen LogP contribution is 2.29. The molecule has 9 heteroatoms. The first-order chi connectivity index (χ1) is 14.0. The van der Waals surface area contributed by atoms with E-state index in [9.17, 15) is 18.4 Å². The summed E-state index contributed by atoms with van der Waals surface area (Å²) in [6, 6.07) is 4.65. The summed E-state index contributed by atoms with van der Waals surface area (Å²) in [5.74, 6) is 0.00255. The maximum absolute atomic E-state index is 12.3. The van der Waals surface area contributed by atoms with Crippen molar-refractivity contribution >= 4 is 11.9 Å². The predicted octanol–water partition coefficient (Wildman–Crippen LogP) is 2.98. The fourth-order valence-corrected chi connectivity index (χ4v) is 3.27. The van der Waals surface area contributed by atoms with Gasteiger partial charge >= 0.3 is 12.6 Å². The third-order valence-corrected chi connectivity index (χ3v) is 4.76. The molecule has 1 saturated carbocycles. The molecule has 0 aliphatic heterocycles. The molecule has 0 spiro atoms. The van der Waals surface area contributed by atoms with Crippen molar-refractivity contribution in [3.63, 3.8) is 0 Å². The maximum atomic E-state index is 12.3. The highest BCUT2D eigenvalue weighted by molar-refractivity contribution is 5.78. The van der Waals surface area contributed by atoms with Crippen LogP contribution in [0.25, 0.3) is 0 Å². The van der Waals surface area contributed by atoms with Crippen LogP contribution in [0.5, 0.6) is 11.5 Å². The van der Waals surface area contributed by atoms with Gasteiger partial charge in [-0.2, -0.15) is 8.78 Å². The van der Waals surface area contributed by atoms with E-state index in [1.54, 1.807) is 12.1 Å². The highest BCUT2D eigenvalue weighted by atomic mass is 19.3. The molecule has 0 saturated heterocycles. The molecule has 1 aromatic carbocycles. The zero-order chi connectivity index (χ0) is 21.1. The minimum atomic E-state index is -2.92. The summed E-state index contributed by atoms with van der Waals surface area (Å²) in [4.78, 5) is 23.7. The van der Waals surface area contributed by atoms with Crippen molar-refractivity contribution in [2.75, 3.05) is 20.2 Å². The van der Waals surface area contributed by atoms with Crippen LogP contribution in [-0.2, 0) is 11.2 Å². The molecule has 0 aromatic heterocycles. The summed E-state index contributed by atoms with van der Waals surface area (Å²) in [6.45, 7) is -2.28. The lowest BCUT2D eigenvalue weighted by Crippen LogP contribution is -2.43. The van der Waals surface area contributed by atoms with Gasteiger partial charge in [-0.3, -0.25) is 4.79 Å². The van der Waals surface area contributed by atoms with Gasteiger partial charge in [-0.15, -0.1) is 0 Å². The predicted molar refractivity (Wildman–Crippen MR) is 104 cm³/mol. The molecule has 0 radical (unpaired) electrons. The lowest BCUT2D eigenvalue weighted by atomic mass is 9.96. The first kappa shape index (κ1) is 22.7. The molecular weight excluding hydrogens is 384 g/mol. The Labute approximate surface area is 169 Å². The van der Waals surface area contributed by atoms with Crippen molar-refractivity contribution in [3.05, 3.63) is 23.8 Å². The number of hydrogen-bond acceptors (Lipinski definition) is 4. The average Bonchev–Trinajstić information content (AvgIpc) is 2.69. The van der Waals surface area contributed by atoms with Crippen molar-refractivity contribution in [1.29, 1.82) is 0 Å². The van der Waals surface area contributed by atoms with Crippen molar-refractivity contribution in [2.24, 2.45) is 0 Å². The van der Waals surface area contributed by atoms with Crippen LogP contribution in [0, 0.1) is 0 Å². The quantitative estimate of drug-likeness (QED) is 0.550. The number of ether oxygens (including phenoxy) is 2. The summed E-state index contributed by atoms with van der Waals surface area (Å²) in [7, 11) is 1.37. The Bertz CT molecular complexity index is 667. The number of methoxy groups -OCH3 is 1. The van der Waals surface area contributed by atoms with E-state index < -0.39 is 6.61 Å². The SMILES string of the molecule is COc1cc(CCNC(=O)CCNC(=O)NC2CCCCC2)ccc1OC(F)F. The van der Waals surface area contributed by atoms with Gasteiger partial charge in [-0.25, -0.2) is 4.79 Å². The number of benzene rings is 1. The molecule has 1 aliphatic rings. The second-order valence-electron chi connectivity index (χ2n) is 6.95. The number of rotatable bonds is 10. The summed E-state index contributed by atoms with van der Waals surface area (Å²) < 4.78 is 34.1. The van der Waals surface area contributed by atoms with Gasteiger partial charge in [0.05, 0.1) is 7.11 Å². The molecule has 3 amide bonds. The van der Waals surface area contributed by atoms with Crippen molar-refractivity contribution in [2.45, 2.75) is 57.6 Å². The van der Waals surface area contributed by atoms with E-state index in [-0.39, 0.29) is 42.4 Å². The number of hydrogen-bond donors (Lipinski definition) is 3. The van der Waals surface area contributed by atoms with Gasteiger partial charge in [-0.05, 0) is 37.0 Å². The molecule has 0 heterocycles. The molecule has 0 unspecified atom stereocenters. The molecule has 2 rings (SSSR count). The van der Waals surface area contributed by atoms with Gasteiger partial charge in [0.15, 0.2) is 11.5 Å². The van der Waals surface area contributed by atoms with E-state index in [0.29, 0.717) is 13.0 Å². The zero-order valence-electron chi connectivity index (χ0n) is 16.6. The van der Waals surface area contributed by atoms with Crippen LogP contribution in [0.15, 0.2) is 18.2 Å². The van der Waals surface area contributed by atoms with Crippen LogP contribution in [-0.4, -0.2) is 44.8 Å². The second kappa shape index (κ2) is 12.1. The number of halogens is 2. The van der Waals surface area contributed by atoms with E-state index in [4.69, 9.17) is 4.74 Å². The van der Waals surface area contributed by atoms with E-state index in [2.05, 4.69) is 20.7 Å². The second-order valence-corrected chi connectivity index (χ2v) is 6.95. The van der Waals surface area contributed by atoms with Crippen LogP contribution >= 0.6 is 0 Å². The smallest absolute Gasteiger partial charge is 0.387 e. The lowest BCUT2D eigenvalue weighted by molar-refractivity contribution is -0.120. The molecule has 1 fully saturated rings. The van der Waals surface area contributed by atoms with E-state index >= 15 is 0 Å². The number of carbonyl (C=O) groups is 2. The number of urea groups is 1. The summed E-state index contributed by atoms with van der Waals surface area (Å²) in [6.07, 6.45) is 6.21. The summed E-state index contributed by atoms with van der Waals surface area (Å²) >= 11 is 0. The summed E-state index contributed by atoms with van der Waals surface area (Å²) in [5.41, 5.74) is 0.814. The first-order valence-corrected chi connectivity index (χ1v) is 9.90. The van der Waals surface area contributed by atoms with Gasteiger partial charge < -0.3 is 25.4 Å². The van der Waals surface area contributed by atoms with Crippen LogP contribution in [0.1, 0.15) is 44.1 Å². The Morgan fingerprint density at radius 1 is 1.10 bits per heavy atom. The van der Waals surface area contributed by atoms with Crippen molar-refractivity contribution in [3.8, 4) is 11.5 Å². The Kier molecular flexibility index (Phi) is 9.46. The monoisotopic (exact) mass is 413 g/mol. The van der Waals surface area contributed by atoms with Gasteiger partial charge in [0.1, 0.15) is 0 Å². The Morgan fingerprint density at radius 3 is 2.55 bits per heavy atom. The molecular formula is C20H29F2N3O4. The third kappa shape index (κ3) is 8.53. The molecule has 3 N–H and O–H groups in total. The molecule has 7 nitrogen and oxygen atoms in total. The van der Waals surface area contributed by atoms with Crippen LogP contribution in [0.4, 0.5) is 13.6 Å². The van der Waals surface area contributed by atoms with E-state index in [0.717, 1.165) is 31.2 Å². The van der Waals surface area contributed by atoms with E-state index in [1.165, 1.54) is 19.6 Å². The fourth-order valence-electron chi connectivity index (χ4n) is 3.27. The third-order valence-electron chi connectivity index (χ3n) is 4.76. The molecule has 1 aliphatic carbocycles. The van der Waals surface area contributed by atoms with Crippen LogP contribution in [0.2, 0.25) is 0 Å². The van der Waals surface area contributed by atoms with Gasteiger partial charge in [-0.1, -0.05) is 25.3 Å². The maximum Gasteiger partial charge on any atom is 0.387 e. The largest absolute Gasteiger partial charge is 0.493 e. The van der Waals surface area contributed by atoms with E-state index in [1.807, 2.05) is 0 Å². The minimum Gasteiger partial charge on any atom is -0.493 e. The number of amides is 3. The molecule has 0 bridgehead atoms. The molecule has 162 valence electrons. The molecule has 29 heavy (non-hydrogen) atoms. The number of nitrogens with one attached hydrogen (secondary N) is 3. The van der Waals surface area contributed by atoms with Crippen molar-refractivity contribution in [1.82, 2.24) is 16.0 Å². The van der Waals surface area contributed by atoms with Crippen LogP contribution < -0.4 is 25.4 Å². The minimum absolute atomic E-state index is 0.0344. The Morgan fingerprint density at radius 2 is 1.86 bits per heavy atom. The topological polar surface area (TPSA) is 88.7 Å². The van der Waals surface area contributed by atoms with Crippen LogP contribution in [0.3, 0.4) is 0 Å².